The Morgan fingerprint density at radius 1 is 1.00 bits per heavy atom. The van der Waals surface area contributed by atoms with Crippen LogP contribution in [-0.2, 0) is 23.1 Å². The number of nitrogens with zero attached hydrogens (tertiary/aromatic N) is 2. The fraction of sp³-hybridized carbons (Fsp3) is 0.292. The minimum absolute atomic E-state index is 0.125. The van der Waals surface area contributed by atoms with Gasteiger partial charge in [0.1, 0.15) is 0 Å². The fourth-order valence-corrected chi connectivity index (χ4v) is 5.75. The summed E-state index contributed by atoms with van der Waals surface area (Å²) >= 11 is 1.69. The van der Waals surface area contributed by atoms with Gasteiger partial charge in [0.2, 0.25) is 10.0 Å². The molecule has 0 aliphatic carbocycles. The highest BCUT2D eigenvalue weighted by molar-refractivity contribution is 7.89. The maximum atomic E-state index is 13.1. The van der Waals surface area contributed by atoms with E-state index in [1.54, 1.807) is 30.4 Å². The van der Waals surface area contributed by atoms with E-state index in [0.29, 0.717) is 24.2 Å². The molecule has 0 radical (unpaired) electrons. The SMILES string of the molecule is Cc1ccc(C(=O)N2CCN(Cc3ccsc3)CC2)cc1S(=O)(=O)NCc1ccccc1. The predicted octanol–water partition coefficient (Wildman–Crippen LogP) is 3.49. The molecule has 1 aromatic heterocycles. The maximum absolute atomic E-state index is 13.1. The molecule has 4 rings (SSSR count). The second-order valence-corrected chi connectivity index (χ2v) is 10.5. The van der Waals surface area contributed by atoms with Crippen LogP contribution in [0.25, 0.3) is 0 Å². The average Bonchev–Trinajstić information content (AvgIpc) is 3.32. The van der Waals surface area contributed by atoms with Crippen LogP contribution in [0.5, 0.6) is 0 Å². The van der Waals surface area contributed by atoms with Gasteiger partial charge in [-0.05, 0) is 52.6 Å². The van der Waals surface area contributed by atoms with Gasteiger partial charge in [-0.15, -0.1) is 0 Å². The summed E-state index contributed by atoms with van der Waals surface area (Å²) < 4.78 is 28.5. The minimum atomic E-state index is -3.74. The molecule has 8 heteroatoms. The lowest BCUT2D eigenvalue weighted by molar-refractivity contribution is 0.0628. The van der Waals surface area contributed by atoms with E-state index in [1.807, 2.05) is 35.2 Å². The number of carbonyl (C=O) groups excluding carboxylic acids is 1. The topological polar surface area (TPSA) is 69.7 Å². The number of hydrogen-bond donors (Lipinski definition) is 1. The predicted molar refractivity (Wildman–Crippen MR) is 127 cm³/mol. The smallest absolute Gasteiger partial charge is 0.253 e. The van der Waals surface area contributed by atoms with Crippen molar-refractivity contribution in [3.8, 4) is 0 Å². The van der Waals surface area contributed by atoms with Gasteiger partial charge in [0.05, 0.1) is 4.90 Å². The summed E-state index contributed by atoms with van der Waals surface area (Å²) in [7, 11) is -3.74. The molecule has 1 aliphatic heterocycles. The first kappa shape index (κ1) is 22.7. The molecule has 3 aromatic rings. The molecule has 1 N–H and O–H groups in total. The molecule has 2 heterocycles. The molecule has 0 bridgehead atoms. The first-order valence-electron chi connectivity index (χ1n) is 10.6. The van der Waals surface area contributed by atoms with Crippen LogP contribution >= 0.6 is 11.3 Å². The van der Waals surface area contributed by atoms with Crippen molar-refractivity contribution < 1.29 is 13.2 Å². The van der Waals surface area contributed by atoms with E-state index >= 15 is 0 Å². The Bertz CT molecular complexity index is 1150. The Kier molecular flexibility index (Phi) is 7.05. The van der Waals surface area contributed by atoms with Crippen molar-refractivity contribution in [2.75, 3.05) is 26.2 Å². The molecule has 0 atom stereocenters. The van der Waals surface area contributed by atoms with Gasteiger partial charge in [-0.3, -0.25) is 9.69 Å². The van der Waals surface area contributed by atoms with Gasteiger partial charge >= 0.3 is 0 Å². The molecule has 0 spiro atoms. The molecule has 2 aromatic carbocycles. The number of hydrogen-bond acceptors (Lipinski definition) is 5. The highest BCUT2D eigenvalue weighted by atomic mass is 32.2. The molecule has 1 amide bonds. The first-order chi connectivity index (χ1) is 15.4. The van der Waals surface area contributed by atoms with Gasteiger partial charge in [0.15, 0.2) is 0 Å². The van der Waals surface area contributed by atoms with E-state index in [2.05, 4.69) is 26.4 Å². The van der Waals surface area contributed by atoms with Crippen LogP contribution in [0.1, 0.15) is 27.0 Å². The van der Waals surface area contributed by atoms with Crippen molar-refractivity contribution in [3.05, 3.63) is 87.6 Å². The highest BCUT2D eigenvalue weighted by Crippen LogP contribution is 2.20. The summed E-state index contributed by atoms with van der Waals surface area (Å²) in [6.07, 6.45) is 0. The molecule has 1 fully saturated rings. The Morgan fingerprint density at radius 3 is 2.44 bits per heavy atom. The van der Waals surface area contributed by atoms with Crippen LogP contribution in [0.4, 0.5) is 0 Å². The summed E-state index contributed by atoms with van der Waals surface area (Å²) in [5.74, 6) is -0.125. The van der Waals surface area contributed by atoms with Crippen molar-refractivity contribution >= 4 is 27.3 Å². The summed E-state index contributed by atoms with van der Waals surface area (Å²) in [6.45, 7) is 5.71. The number of aryl methyl sites for hydroxylation is 1. The summed E-state index contributed by atoms with van der Waals surface area (Å²) in [4.78, 5) is 17.4. The molecule has 6 nitrogen and oxygen atoms in total. The number of sulfonamides is 1. The summed E-state index contributed by atoms with van der Waals surface area (Å²) in [5, 5.41) is 4.23. The van der Waals surface area contributed by atoms with Gasteiger partial charge in [-0.1, -0.05) is 36.4 Å². The van der Waals surface area contributed by atoms with E-state index < -0.39 is 10.0 Å². The van der Waals surface area contributed by atoms with Crippen molar-refractivity contribution in [3.63, 3.8) is 0 Å². The normalized spacial score (nSPS) is 15.1. The molecule has 1 aliphatic rings. The van der Waals surface area contributed by atoms with E-state index in [0.717, 1.165) is 25.2 Å². The first-order valence-corrected chi connectivity index (χ1v) is 13.0. The summed E-state index contributed by atoms with van der Waals surface area (Å²) in [5.41, 5.74) is 3.19. The molecule has 0 unspecified atom stereocenters. The lowest BCUT2D eigenvalue weighted by Gasteiger charge is -2.34. The summed E-state index contributed by atoms with van der Waals surface area (Å²) in [6, 6.07) is 16.4. The van der Waals surface area contributed by atoms with Gasteiger partial charge in [-0.2, -0.15) is 11.3 Å². The van der Waals surface area contributed by atoms with Crippen LogP contribution in [0.15, 0.2) is 70.3 Å². The Hall–Kier alpha value is -2.52. The standard InChI is InChI=1S/C24H27N3O3S2/c1-19-7-8-22(15-23(19)32(29,30)25-16-20-5-3-2-4-6-20)24(28)27-12-10-26(11-13-27)17-21-9-14-31-18-21/h2-9,14-15,18,25H,10-13,16-17H2,1H3. The Labute approximate surface area is 193 Å². The van der Waals surface area contributed by atoms with Crippen molar-refractivity contribution in [2.45, 2.75) is 24.9 Å². The van der Waals surface area contributed by atoms with Crippen LogP contribution in [0.3, 0.4) is 0 Å². The minimum Gasteiger partial charge on any atom is -0.336 e. The lowest BCUT2D eigenvalue weighted by Crippen LogP contribution is -2.48. The van der Waals surface area contributed by atoms with Crippen LogP contribution in [0.2, 0.25) is 0 Å². The Balaban J connectivity index is 1.42. The zero-order chi connectivity index (χ0) is 22.6. The molecule has 168 valence electrons. The fourth-order valence-electron chi connectivity index (χ4n) is 3.81. The molecular formula is C24H27N3O3S2. The van der Waals surface area contributed by atoms with Crippen LogP contribution in [0, 0.1) is 6.92 Å². The largest absolute Gasteiger partial charge is 0.336 e. The van der Waals surface area contributed by atoms with Gasteiger partial charge < -0.3 is 4.90 Å². The third-order valence-corrected chi connectivity index (χ3v) is 7.95. The zero-order valence-corrected chi connectivity index (χ0v) is 19.7. The van der Waals surface area contributed by atoms with Crippen molar-refractivity contribution in [1.29, 1.82) is 0 Å². The van der Waals surface area contributed by atoms with Crippen molar-refractivity contribution in [1.82, 2.24) is 14.5 Å². The second kappa shape index (κ2) is 9.95. The number of benzene rings is 2. The lowest BCUT2D eigenvalue weighted by atomic mass is 10.1. The van der Waals surface area contributed by atoms with Crippen molar-refractivity contribution in [2.24, 2.45) is 0 Å². The molecular weight excluding hydrogens is 442 g/mol. The van der Waals surface area contributed by atoms with E-state index in [-0.39, 0.29) is 17.3 Å². The third kappa shape index (κ3) is 5.45. The number of nitrogens with one attached hydrogen (secondary N) is 1. The second-order valence-electron chi connectivity index (χ2n) is 7.99. The number of rotatable bonds is 7. The number of amides is 1. The maximum Gasteiger partial charge on any atom is 0.253 e. The molecule has 0 saturated carbocycles. The van der Waals surface area contributed by atoms with Gasteiger partial charge in [0.25, 0.3) is 5.91 Å². The third-order valence-electron chi connectivity index (χ3n) is 5.68. The Morgan fingerprint density at radius 2 is 1.75 bits per heavy atom. The quantitative estimate of drug-likeness (QED) is 0.575. The number of carbonyl (C=O) groups is 1. The highest BCUT2D eigenvalue weighted by Gasteiger charge is 2.24. The molecule has 32 heavy (non-hydrogen) atoms. The van der Waals surface area contributed by atoms with E-state index in [4.69, 9.17) is 0 Å². The molecule has 1 saturated heterocycles. The van der Waals surface area contributed by atoms with Crippen LogP contribution < -0.4 is 4.72 Å². The van der Waals surface area contributed by atoms with Crippen LogP contribution in [-0.4, -0.2) is 50.3 Å². The van der Waals surface area contributed by atoms with Gasteiger partial charge in [0, 0.05) is 44.8 Å². The van der Waals surface area contributed by atoms with Gasteiger partial charge in [-0.25, -0.2) is 13.1 Å². The monoisotopic (exact) mass is 469 g/mol. The number of thiophene rings is 1. The number of piperazine rings is 1. The average molecular weight is 470 g/mol. The van der Waals surface area contributed by atoms with E-state index in [1.165, 1.54) is 11.6 Å². The zero-order valence-electron chi connectivity index (χ0n) is 18.0. The van der Waals surface area contributed by atoms with E-state index in [9.17, 15) is 13.2 Å².